The molecule has 23 heavy (non-hydrogen) atoms. The molecule has 0 heterocycles. The molecular formula is C23H20. The van der Waals surface area contributed by atoms with E-state index in [0.29, 0.717) is 0 Å². The average Bonchev–Trinajstić information content (AvgIpc) is 2.54. The Labute approximate surface area is 137 Å². The second-order valence-electron chi connectivity index (χ2n) is 6.58. The van der Waals surface area contributed by atoms with Gasteiger partial charge < -0.3 is 0 Å². The summed E-state index contributed by atoms with van der Waals surface area (Å²) in [6.07, 6.45) is 0.996. The smallest absolute Gasteiger partial charge is 0.00132 e. The van der Waals surface area contributed by atoms with Crippen molar-refractivity contribution >= 4 is 21.9 Å². The third-order valence-electron chi connectivity index (χ3n) is 4.85. The fourth-order valence-electron chi connectivity index (χ4n) is 3.79. The predicted octanol–water partition coefficient (Wildman–Crippen LogP) is 6.48. The van der Waals surface area contributed by atoms with Gasteiger partial charge in [-0.05, 0) is 64.4 Å². The molecule has 0 spiro atoms. The van der Waals surface area contributed by atoms with Crippen LogP contribution in [-0.2, 0) is 6.42 Å². The lowest BCUT2D eigenvalue weighted by molar-refractivity contribution is 1.20. The zero-order chi connectivity index (χ0) is 16.1. The van der Waals surface area contributed by atoms with Crippen molar-refractivity contribution in [3.8, 4) is 11.1 Å². The Morgan fingerprint density at radius 3 is 2.04 bits per heavy atom. The molecule has 1 aliphatic rings. The molecule has 0 nitrogen and oxygen atoms in total. The van der Waals surface area contributed by atoms with Crippen molar-refractivity contribution in [2.45, 2.75) is 20.3 Å². The van der Waals surface area contributed by atoms with Crippen LogP contribution in [0, 0.1) is 0 Å². The van der Waals surface area contributed by atoms with E-state index < -0.39 is 0 Å². The summed E-state index contributed by atoms with van der Waals surface area (Å²) in [5, 5.41) is 2.69. The van der Waals surface area contributed by atoms with Crippen molar-refractivity contribution in [2.75, 3.05) is 0 Å². The number of hydrogen-bond acceptors (Lipinski definition) is 0. The van der Waals surface area contributed by atoms with E-state index in [-0.39, 0.29) is 0 Å². The van der Waals surface area contributed by atoms with Crippen LogP contribution in [0.4, 0.5) is 0 Å². The van der Waals surface area contributed by atoms with Gasteiger partial charge in [-0.25, -0.2) is 0 Å². The molecule has 3 aromatic carbocycles. The van der Waals surface area contributed by atoms with Crippen LogP contribution >= 0.6 is 0 Å². The van der Waals surface area contributed by atoms with Gasteiger partial charge in [0.2, 0.25) is 0 Å². The molecule has 3 aromatic rings. The average molecular weight is 296 g/mol. The molecule has 0 aromatic heterocycles. The minimum atomic E-state index is 0.996. The maximum absolute atomic E-state index is 4.19. The van der Waals surface area contributed by atoms with Gasteiger partial charge >= 0.3 is 0 Å². The van der Waals surface area contributed by atoms with Crippen LogP contribution in [0.2, 0.25) is 0 Å². The Balaban J connectivity index is 2.22. The molecule has 0 fully saturated rings. The summed E-state index contributed by atoms with van der Waals surface area (Å²) in [5.74, 6) is 0. The first-order valence-corrected chi connectivity index (χ1v) is 8.06. The number of fused-ring (bicyclic) bond motifs is 2. The minimum absolute atomic E-state index is 0.996. The second kappa shape index (κ2) is 4.96. The lowest BCUT2D eigenvalue weighted by Gasteiger charge is -2.24. The van der Waals surface area contributed by atoms with Crippen LogP contribution in [0.1, 0.15) is 36.1 Å². The molecule has 112 valence electrons. The van der Waals surface area contributed by atoms with Gasteiger partial charge in [0.25, 0.3) is 0 Å². The van der Waals surface area contributed by atoms with Gasteiger partial charge in [0.15, 0.2) is 0 Å². The lowest BCUT2D eigenvalue weighted by Crippen LogP contribution is -2.03. The highest BCUT2D eigenvalue weighted by atomic mass is 14.2. The van der Waals surface area contributed by atoms with Crippen LogP contribution in [0.5, 0.6) is 0 Å². The molecule has 0 atom stereocenters. The highest BCUT2D eigenvalue weighted by Gasteiger charge is 2.21. The third kappa shape index (κ3) is 1.98. The quantitative estimate of drug-likeness (QED) is 0.397. The van der Waals surface area contributed by atoms with Crippen molar-refractivity contribution in [1.29, 1.82) is 0 Å². The molecular weight excluding hydrogens is 276 g/mol. The highest BCUT2D eigenvalue weighted by molar-refractivity contribution is 6.10. The van der Waals surface area contributed by atoms with Gasteiger partial charge in [-0.2, -0.15) is 0 Å². The van der Waals surface area contributed by atoms with Gasteiger partial charge in [0.05, 0.1) is 0 Å². The van der Waals surface area contributed by atoms with Crippen molar-refractivity contribution in [3.05, 3.63) is 83.9 Å². The summed E-state index contributed by atoms with van der Waals surface area (Å²) in [5.41, 5.74) is 10.2. The van der Waals surface area contributed by atoms with Crippen LogP contribution in [-0.4, -0.2) is 0 Å². The predicted molar refractivity (Wildman–Crippen MR) is 102 cm³/mol. The molecule has 0 saturated carbocycles. The minimum Gasteiger partial charge on any atom is -0.0955 e. The molecule has 0 unspecified atom stereocenters. The molecule has 0 radical (unpaired) electrons. The maximum atomic E-state index is 4.19. The standard InChI is InChI=1S/C23H20/c1-14(2)18-10-9-17-13-16-7-5-6-8-20(16)21-12-11-19(15(3)4)23(18)22(17)21/h5-12H,1,3,13H2,2,4H3. The first-order chi connectivity index (χ1) is 11.1. The van der Waals surface area contributed by atoms with E-state index in [4.69, 9.17) is 0 Å². The Hall–Kier alpha value is -2.60. The van der Waals surface area contributed by atoms with Crippen molar-refractivity contribution < 1.29 is 0 Å². The lowest BCUT2D eigenvalue weighted by atomic mass is 9.80. The summed E-state index contributed by atoms with van der Waals surface area (Å²) in [6.45, 7) is 12.6. The Morgan fingerprint density at radius 1 is 0.696 bits per heavy atom. The van der Waals surface area contributed by atoms with Gasteiger partial charge in [0, 0.05) is 0 Å². The Bertz CT molecular complexity index is 966. The molecule has 1 aliphatic carbocycles. The van der Waals surface area contributed by atoms with Crippen LogP contribution in [0.15, 0.2) is 61.7 Å². The van der Waals surface area contributed by atoms with E-state index in [1.807, 2.05) is 0 Å². The van der Waals surface area contributed by atoms with E-state index in [2.05, 4.69) is 75.5 Å². The topological polar surface area (TPSA) is 0 Å². The van der Waals surface area contributed by atoms with Crippen LogP contribution < -0.4 is 0 Å². The van der Waals surface area contributed by atoms with E-state index >= 15 is 0 Å². The van der Waals surface area contributed by atoms with E-state index in [1.165, 1.54) is 44.2 Å². The van der Waals surface area contributed by atoms with E-state index in [9.17, 15) is 0 Å². The zero-order valence-electron chi connectivity index (χ0n) is 13.7. The van der Waals surface area contributed by atoms with E-state index in [1.54, 1.807) is 0 Å². The number of benzene rings is 3. The van der Waals surface area contributed by atoms with E-state index in [0.717, 1.165) is 17.6 Å². The Kier molecular flexibility index (Phi) is 3.02. The SMILES string of the molecule is C=C(C)c1ccc2c3c(ccc(C(=C)C)c13)-c1ccccc1C2. The summed E-state index contributed by atoms with van der Waals surface area (Å²) >= 11 is 0. The van der Waals surface area contributed by atoms with Crippen molar-refractivity contribution in [3.63, 3.8) is 0 Å². The Morgan fingerprint density at radius 2 is 1.35 bits per heavy atom. The first kappa shape index (κ1) is 14.0. The summed E-state index contributed by atoms with van der Waals surface area (Å²) in [4.78, 5) is 0. The highest BCUT2D eigenvalue weighted by Crippen LogP contribution is 2.43. The number of allylic oxidation sites excluding steroid dienone is 2. The molecule has 0 bridgehead atoms. The third-order valence-corrected chi connectivity index (χ3v) is 4.85. The summed E-state index contributed by atoms with van der Waals surface area (Å²) in [6, 6.07) is 17.7. The van der Waals surface area contributed by atoms with Crippen molar-refractivity contribution in [2.24, 2.45) is 0 Å². The van der Waals surface area contributed by atoms with Gasteiger partial charge in [-0.1, -0.05) is 72.8 Å². The summed E-state index contributed by atoms with van der Waals surface area (Å²) < 4.78 is 0. The molecule has 0 saturated heterocycles. The van der Waals surface area contributed by atoms with Gasteiger partial charge in [0.1, 0.15) is 0 Å². The molecule has 0 N–H and O–H groups in total. The number of hydrogen-bond donors (Lipinski definition) is 0. The second-order valence-corrected chi connectivity index (χ2v) is 6.58. The largest absolute Gasteiger partial charge is 0.0955 e. The number of rotatable bonds is 2. The van der Waals surface area contributed by atoms with Crippen LogP contribution in [0.3, 0.4) is 0 Å². The molecule has 0 amide bonds. The monoisotopic (exact) mass is 296 g/mol. The summed E-state index contributed by atoms with van der Waals surface area (Å²) in [7, 11) is 0. The normalized spacial score (nSPS) is 12.1. The van der Waals surface area contributed by atoms with Crippen LogP contribution in [0.25, 0.3) is 33.0 Å². The van der Waals surface area contributed by atoms with Gasteiger partial charge in [-0.3, -0.25) is 0 Å². The van der Waals surface area contributed by atoms with Gasteiger partial charge in [-0.15, -0.1) is 0 Å². The molecule has 0 aliphatic heterocycles. The molecule has 4 rings (SSSR count). The first-order valence-electron chi connectivity index (χ1n) is 8.06. The fraction of sp³-hybridized carbons (Fsp3) is 0.130. The van der Waals surface area contributed by atoms with Crippen molar-refractivity contribution in [1.82, 2.24) is 0 Å². The fourth-order valence-corrected chi connectivity index (χ4v) is 3.79. The zero-order valence-corrected chi connectivity index (χ0v) is 13.7. The molecule has 0 heteroatoms. The maximum Gasteiger partial charge on any atom is -0.00132 e.